The molecule has 29 heavy (non-hydrogen) atoms. The van der Waals surface area contributed by atoms with Crippen molar-refractivity contribution in [2.45, 2.75) is 26.2 Å². The number of halogens is 1. The minimum absolute atomic E-state index is 0.0360. The van der Waals surface area contributed by atoms with Gasteiger partial charge in [-0.2, -0.15) is 5.26 Å². The minimum Gasteiger partial charge on any atom is -0.297 e. The Bertz CT molecular complexity index is 1080. The predicted octanol–water partition coefficient (Wildman–Crippen LogP) is 6.06. The summed E-state index contributed by atoms with van der Waals surface area (Å²) in [5.74, 6) is -0.0399. The molecule has 0 aliphatic carbocycles. The zero-order chi connectivity index (χ0) is 20.8. The average molecular weight is 422 g/mol. The summed E-state index contributed by atoms with van der Waals surface area (Å²) in [7, 11) is 0. The maximum atomic E-state index is 12.5. The number of hydrogen-bond acceptors (Lipinski definition) is 4. The summed E-state index contributed by atoms with van der Waals surface area (Å²) < 4.78 is 0. The number of rotatable bonds is 6. The van der Waals surface area contributed by atoms with Gasteiger partial charge in [0.25, 0.3) is 5.91 Å². The first-order valence-corrected chi connectivity index (χ1v) is 10.4. The Morgan fingerprint density at radius 2 is 2.03 bits per heavy atom. The summed E-state index contributed by atoms with van der Waals surface area (Å²) in [5, 5.41) is 13.3. The van der Waals surface area contributed by atoms with Crippen LogP contribution in [0.2, 0.25) is 5.02 Å². The molecule has 1 N–H and O–H groups in total. The second-order valence-electron chi connectivity index (χ2n) is 6.88. The standard InChI is InChI=1S/C23H20ClN3OS/c1-15(2)18-8-6-16(7-9-18)10-19(13-25)22(28)27-23-26-14-21(29-23)12-17-4-3-5-20(24)11-17/h3-11,14-15H,12H2,1-2H3,(H,26,27,28). The summed E-state index contributed by atoms with van der Waals surface area (Å²) in [5.41, 5.74) is 3.12. The number of thiazole rings is 1. The summed E-state index contributed by atoms with van der Waals surface area (Å²) >= 11 is 7.40. The number of amides is 1. The first-order chi connectivity index (χ1) is 13.9. The highest BCUT2D eigenvalue weighted by atomic mass is 35.5. The van der Waals surface area contributed by atoms with Crippen LogP contribution in [0.25, 0.3) is 6.08 Å². The Labute approximate surface area is 179 Å². The molecule has 0 spiro atoms. The lowest BCUT2D eigenvalue weighted by atomic mass is 10.0. The second kappa shape index (κ2) is 9.51. The van der Waals surface area contributed by atoms with E-state index in [1.807, 2.05) is 54.6 Å². The maximum Gasteiger partial charge on any atom is 0.268 e. The lowest BCUT2D eigenvalue weighted by molar-refractivity contribution is -0.112. The molecule has 0 aliphatic heterocycles. The van der Waals surface area contributed by atoms with Gasteiger partial charge in [0.1, 0.15) is 11.6 Å². The van der Waals surface area contributed by atoms with Gasteiger partial charge in [-0.1, -0.05) is 61.8 Å². The summed E-state index contributed by atoms with van der Waals surface area (Å²) in [6, 6.07) is 17.4. The van der Waals surface area contributed by atoms with E-state index in [1.165, 1.54) is 16.9 Å². The van der Waals surface area contributed by atoms with Gasteiger partial charge < -0.3 is 0 Å². The number of nitriles is 1. The molecule has 0 radical (unpaired) electrons. The number of benzene rings is 2. The van der Waals surface area contributed by atoms with Crippen molar-refractivity contribution in [3.05, 3.63) is 86.9 Å². The van der Waals surface area contributed by atoms with Gasteiger partial charge in [-0.25, -0.2) is 4.98 Å². The summed E-state index contributed by atoms with van der Waals surface area (Å²) in [4.78, 5) is 17.7. The third kappa shape index (κ3) is 5.77. The molecular weight excluding hydrogens is 402 g/mol. The molecule has 3 aromatic rings. The Hall–Kier alpha value is -2.94. The highest BCUT2D eigenvalue weighted by Crippen LogP contribution is 2.23. The third-order valence-electron chi connectivity index (χ3n) is 4.32. The van der Waals surface area contributed by atoms with Gasteiger partial charge in [-0.05, 0) is 40.8 Å². The van der Waals surface area contributed by atoms with Crippen molar-refractivity contribution in [3.63, 3.8) is 0 Å². The molecule has 6 heteroatoms. The predicted molar refractivity (Wildman–Crippen MR) is 119 cm³/mol. The van der Waals surface area contributed by atoms with Gasteiger partial charge in [0.15, 0.2) is 5.13 Å². The number of aromatic nitrogens is 1. The molecule has 1 heterocycles. The molecule has 1 amide bonds. The molecule has 0 atom stereocenters. The van der Waals surface area contributed by atoms with Crippen LogP contribution in [-0.2, 0) is 11.2 Å². The Morgan fingerprint density at radius 3 is 2.69 bits per heavy atom. The van der Waals surface area contributed by atoms with E-state index in [0.29, 0.717) is 22.5 Å². The van der Waals surface area contributed by atoms with E-state index in [4.69, 9.17) is 11.6 Å². The maximum absolute atomic E-state index is 12.5. The van der Waals surface area contributed by atoms with Crippen LogP contribution in [0.3, 0.4) is 0 Å². The van der Waals surface area contributed by atoms with E-state index in [9.17, 15) is 10.1 Å². The van der Waals surface area contributed by atoms with Crippen molar-refractivity contribution in [1.82, 2.24) is 4.98 Å². The van der Waals surface area contributed by atoms with Crippen LogP contribution in [-0.4, -0.2) is 10.9 Å². The topological polar surface area (TPSA) is 65.8 Å². The fourth-order valence-electron chi connectivity index (χ4n) is 2.75. The number of carbonyl (C=O) groups excluding carboxylic acids is 1. The van der Waals surface area contributed by atoms with Crippen molar-refractivity contribution in [3.8, 4) is 6.07 Å². The van der Waals surface area contributed by atoms with Crippen LogP contribution >= 0.6 is 22.9 Å². The average Bonchev–Trinajstić information content (AvgIpc) is 3.13. The third-order valence-corrected chi connectivity index (χ3v) is 5.47. The fourth-order valence-corrected chi connectivity index (χ4v) is 3.81. The largest absolute Gasteiger partial charge is 0.297 e. The SMILES string of the molecule is CC(C)c1ccc(C=C(C#N)C(=O)Nc2ncc(Cc3cccc(Cl)c3)s2)cc1. The van der Waals surface area contributed by atoms with E-state index >= 15 is 0 Å². The van der Waals surface area contributed by atoms with E-state index < -0.39 is 5.91 Å². The molecule has 0 fully saturated rings. The van der Waals surface area contributed by atoms with Crippen LogP contribution in [0.5, 0.6) is 0 Å². The van der Waals surface area contributed by atoms with E-state index in [0.717, 1.165) is 16.0 Å². The Morgan fingerprint density at radius 1 is 1.28 bits per heavy atom. The number of hydrogen-bond donors (Lipinski definition) is 1. The van der Waals surface area contributed by atoms with Crippen LogP contribution in [0.1, 0.15) is 41.3 Å². The Balaban J connectivity index is 1.68. The molecule has 3 rings (SSSR count). The molecule has 146 valence electrons. The van der Waals surface area contributed by atoms with Crippen molar-refractivity contribution >= 4 is 40.1 Å². The lowest BCUT2D eigenvalue weighted by Gasteiger charge is -2.05. The number of carbonyl (C=O) groups is 1. The Kier molecular flexibility index (Phi) is 6.82. The zero-order valence-corrected chi connectivity index (χ0v) is 17.7. The van der Waals surface area contributed by atoms with E-state index in [-0.39, 0.29) is 5.57 Å². The normalized spacial score (nSPS) is 11.3. The van der Waals surface area contributed by atoms with Crippen molar-refractivity contribution < 1.29 is 4.79 Å². The number of nitrogens with one attached hydrogen (secondary N) is 1. The highest BCUT2D eigenvalue weighted by molar-refractivity contribution is 7.15. The van der Waals surface area contributed by atoms with Crippen LogP contribution < -0.4 is 5.32 Å². The molecule has 0 aliphatic rings. The number of anilines is 1. The molecule has 0 bridgehead atoms. The molecule has 0 saturated carbocycles. The van der Waals surface area contributed by atoms with Gasteiger partial charge in [0, 0.05) is 22.5 Å². The molecule has 1 aromatic heterocycles. The van der Waals surface area contributed by atoms with Gasteiger partial charge in [0.05, 0.1) is 0 Å². The summed E-state index contributed by atoms with van der Waals surface area (Å²) in [6.07, 6.45) is 3.98. The molecular formula is C23H20ClN3OS. The van der Waals surface area contributed by atoms with Crippen molar-refractivity contribution in [2.75, 3.05) is 5.32 Å². The van der Waals surface area contributed by atoms with Crippen LogP contribution in [0.4, 0.5) is 5.13 Å². The van der Waals surface area contributed by atoms with Crippen molar-refractivity contribution in [2.24, 2.45) is 0 Å². The quantitative estimate of drug-likeness (QED) is 0.388. The summed E-state index contributed by atoms with van der Waals surface area (Å²) in [6.45, 7) is 4.24. The van der Waals surface area contributed by atoms with Crippen LogP contribution in [0.15, 0.2) is 60.3 Å². The van der Waals surface area contributed by atoms with Gasteiger partial charge in [-0.3, -0.25) is 10.1 Å². The lowest BCUT2D eigenvalue weighted by Crippen LogP contribution is -2.13. The fraction of sp³-hybridized carbons (Fsp3) is 0.174. The molecule has 2 aromatic carbocycles. The van der Waals surface area contributed by atoms with E-state index in [1.54, 1.807) is 12.3 Å². The van der Waals surface area contributed by atoms with Gasteiger partial charge in [0.2, 0.25) is 0 Å². The highest BCUT2D eigenvalue weighted by Gasteiger charge is 2.12. The first-order valence-electron chi connectivity index (χ1n) is 9.17. The number of nitrogens with zero attached hydrogens (tertiary/aromatic N) is 2. The minimum atomic E-state index is -0.468. The van der Waals surface area contributed by atoms with Gasteiger partial charge in [-0.15, -0.1) is 11.3 Å². The van der Waals surface area contributed by atoms with Gasteiger partial charge >= 0.3 is 0 Å². The monoisotopic (exact) mass is 421 g/mol. The molecule has 0 saturated heterocycles. The molecule has 0 unspecified atom stereocenters. The van der Waals surface area contributed by atoms with E-state index in [2.05, 4.69) is 24.1 Å². The molecule has 4 nitrogen and oxygen atoms in total. The van der Waals surface area contributed by atoms with Crippen molar-refractivity contribution in [1.29, 1.82) is 5.26 Å². The zero-order valence-electron chi connectivity index (χ0n) is 16.1. The van der Waals surface area contributed by atoms with Crippen LogP contribution in [0, 0.1) is 11.3 Å². The second-order valence-corrected chi connectivity index (χ2v) is 8.44. The smallest absolute Gasteiger partial charge is 0.268 e. The first kappa shape index (κ1) is 20.8.